The molecule has 1 heterocycles. The lowest BCUT2D eigenvalue weighted by molar-refractivity contribution is -0.116. The minimum Gasteiger partial charge on any atom is -0.355 e. The van der Waals surface area contributed by atoms with E-state index in [1.807, 2.05) is 0 Å². The second-order valence-electron chi connectivity index (χ2n) is 10.2. The first-order valence-electron chi connectivity index (χ1n) is 13.2. The Balaban J connectivity index is 1.79. The average molecular weight is 468 g/mol. The summed E-state index contributed by atoms with van der Waals surface area (Å²) >= 11 is 0. The summed E-state index contributed by atoms with van der Waals surface area (Å²) in [7, 11) is 3.90. The standard InChI is InChI=1S/C28H45N5O/c1-6-8-21(2)19-30-27(26(28(34)29-4)22(3)24-9-7-10-24)31-25-13-11-23(12-14-25)20-33-17-15-32(5)16-18-33/h11-14,21,24H,6-10,15-20H2,1-5H3,(H,29,34)(H,30,31)/b26-22-. The van der Waals surface area contributed by atoms with E-state index in [0.717, 1.165) is 81.8 Å². The molecule has 1 atom stereocenters. The molecular formula is C28H45N5O. The number of hydrogen-bond acceptors (Lipinski definition) is 4. The van der Waals surface area contributed by atoms with Crippen LogP contribution in [0.2, 0.25) is 0 Å². The highest BCUT2D eigenvalue weighted by Gasteiger charge is 2.27. The van der Waals surface area contributed by atoms with Gasteiger partial charge in [-0.3, -0.25) is 14.7 Å². The van der Waals surface area contributed by atoms with E-state index < -0.39 is 0 Å². The van der Waals surface area contributed by atoms with Gasteiger partial charge in [-0.15, -0.1) is 0 Å². The van der Waals surface area contributed by atoms with Gasteiger partial charge >= 0.3 is 0 Å². The number of benzene rings is 1. The molecule has 34 heavy (non-hydrogen) atoms. The van der Waals surface area contributed by atoms with Gasteiger partial charge in [0.25, 0.3) is 5.91 Å². The molecule has 0 spiro atoms. The fourth-order valence-corrected chi connectivity index (χ4v) is 4.75. The van der Waals surface area contributed by atoms with Crippen LogP contribution in [0.1, 0.15) is 58.4 Å². The van der Waals surface area contributed by atoms with E-state index in [1.54, 1.807) is 7.05 Å². The Morgan fingerprint density at radius 2 is 1.82 bits per heavy atom. The average Bonchev–Trinajstić information content (AvgIpc) is 2.79. The van der Waals surface area contributed by atoms with E-state index in [1.165, 1.54) is 12.0 Å². The van der Waals surface area contributed by atoms with Crippen LogP contribution in [0, 0.1) is 11.8 Å². The molecule has 0 aromatic heterocycles. The number of carbonyl (C=O) groups excluding carboxylic acids is 1. The van der Waals surface area contributed by atoms with Gasteiger partial charge in [-0.05, 0) is 62.8 Å². The zero-order valence-corrected chi connectivity index (χ0v) is 22.0. The van der Waals surface area contributed by atoms with Gasteiger partial charge in [0.05, 0.1) is 5.57 Å². The number of likely N-dealkylation sites (N-methyl/N-ethyl adjacent to an activating group) is 2. The Hall–Kier alpha value is -2.18. The minimum absolute atomic E-state index is 0.0505. The Morgan fingerprint density at radius 3 is 2.38 bits per heavy atom. The predicted octanol–water partition coefficient (Wildman–Crippen LogP) is 4.54. The van der Waals surface area contributed by atoms with Crippen LogP contribution in [-0.4, -0.2) is 68.4 Å². The molecule has 3 rings (SSSR count). The highest BCUT2D eigenvalue weighted by molar-refractivity contribution is 6.25. The first-order valence-corrected chi connectivity index (χ1v) is 13.2. The largest absolute Gasteiger partial charge is 0.355 e. The Morgan fingerprint density at radius 1 is 1.15 bits per heavy atom. The molecule has 0 bridgehead atoms. The van der Waals surface area contributed by atoms with Crippen LogP contribution in [0.25, 0.3) is 0 Å². The third-order valence-corrected chi connectivity index (χ3v) is 7.36. The third-order valence-electron chi connectivity index (χ3n) is 7.36. The van der Waals surface area contributed by atoms with Crippen molar-refractivity contribution < 1.29 is 4.79 Å². The molecular weight excluding hydrogens is 422 g/mol. The lowest BCUT2D eigenvalue weighted by atomic mass is 9.78. The molecule has 2 aliphatic rings. The SMILES string of the molecule is CCCC(C)CN=C(Nc1ccc(CN2CCN(C)CC2)cc1)/C(C(=O)NC)=C(\C)C1CCC1. The van der Waals surface area contributed by atoms with Gasteiger partial charge < -0.3 is 15.5 Å². The first-order chi connectivity index (χ1) is 16.4. The van der Waals surface area contributed by atoms with E-state index in [-0.39, 0.29) is 5.91 Å². The van der Waals surface area contributed by atoms with Gasteiger partial charge in [0.1, 0.15) is 5.84 Å². The summed E-state index contributed by atoms with van der Waals surface area (Å²) in [5, 5.41) is 6.38. The summed E-state index contributed by atoms with van der Waals surface area (Å²) in [4.78, 5) is 22.9. The van der Waals surface area contributed by atoms with Gasteiger partial charge in [-0.2, -0.15) is 0 Å². The molecule has 6 heteroatoms. The molecule has 2 N–H and O–H groups in total. The second-order valence-corrected chi connectivity index (χ2v) is 10.2. The number of piperazine rings is 1. The summed E-state index contributed by atoms with van der Waals surface area (Å²) in [5.41, 5.74) is 4.17. The van der Waals surface area contributed by atoms with Crippen molar-refractivity contribution in [2.45, 2.75) is 59.4 Å². The number of rotatable bonds is 10. The van der Waals surface area contributed by atoms with E-state index in [9.17, 15) is 4.79 Å². The van der Waals surface area contributed by atoms with Gasteiger partial charge in [0.15, 0.2) is 0 Å². The second kappa shape index (κ2) is 13.1. The van der Waals surface area contributed by atoms with Crippen molar-refractivity contribution >= 4 is 17.4 Å². The molecule has 0 radical (unpaired) electrons. The molecule has 6 nitrogen and oxygen atoms in total. The monoisotopic (exact) mass is 467 g/mol. The Kier molecular flexibility index (Phi) is 10.1. The molecule has 1 aliphatic heterocycles. The van der Waals surface area contributed by atoms with E-state index in [2.05, 4.69) is 72.5 Å². The molecule has 1 aliphatic carbocycles. The third kappa shape index (κ3) is 7.41. The van der Waals surface area contributed by atoms with Crippen LogP contribution >= 0.6 is 0 Å². The maximum absolute atomic E-state index is 13.0. The minimum atomic E-state index is -0.0505. The normalized spacial score (nSPS) is 19.9. The van der Waals surface area contributed by atoms with Crippen molar-refractivity contribution in [2.75, 3.05) is 52.1 Å². The summed E-state index contributed by atoms with van der Waals surface area (Å²) in [6.45, 7) is 12.7. The number of allylic oxidation sites excluding steroid dienone is 1. The summed E-state index contributed by atoms with van der Waals surface area (Å²) < 4.78 is 0. The number of nitrogens with zero attached hydrogens (tertiary/aromatic N) is 3. The number of hydrogen-bond donors (Lipinski definition) is 2. The Labute approximate surface area is 206 Å². The van der Waals surface area contributed by atoms with Crippen molar-refractivity contribution in [3.63, 3.8) is 0 Å². The highest BCUT2D eigenvalue weighted by atomic mass is 16.1. The van der Waals surface area contributed by atoms with Crippen molar-refractivity contribution in [1.82, 2.24) is 15.1 Å². The van der Waals surface area contributed by atoms with Crippen LogP contribution in [0.3, 0.4) is 0 Å². The first kappa shape index (κ1) is 26.4. The lowest BCUT2D eigenvalue weighted by Crippen LogP contribution is -2.43. The summed E-state index contributed by atoms with van der Waals surface area (Å²) in [5.74, 6) is 1.63. The van der Waals surface area contributed by atoms with Crippen LogP contribution in [-0.2, 0) is 11.3 Å². The van der Waals surface area contributed by atoms with E-state index in [4.69, 9.17) is 4.99 Å². The number of carbonyl (C=O) groups is 1. The summed E-state index contributed by atoms with van der Waals surface area (Å²) in [6.07, 6.45) is 5.84. The maximum Gasteiger partial charge on any atom is 0.254 e. The van der Waals surface area contributed by atoms with E-state index in [0.29, 0.717) is 17.7 Å². The van der Waals surface area contributed by atoms with Gasteiger partial charge in [0.2, 0.25) is 0 Å². The molecule has 1 aromatic carbocycles. The number of nitrogens with one attached hydrogen (secondary N) is 2. The molecule has 2 fully saturated rings. The fraction of sp³-hybridized carbons (Fsp3) is 0.643. The number of amidine groups is 1. The van der Waals surface area contributed by atoms with Crippen LogP contribution in [0.15, 0.2) is 40.4 Å². The smallest absolute Gasteiger partial charge is 0.254 e. The summed E-state index contributed by atoms with van der Waals surface area (Å²) in [6, 6.07) is 8.63. The van der Waals surface area contributed by atoms with Crippen molar-refractivity contribution in [3.8, 4) is 0 Å². The van der Waals surface area contributed by atoms with Crippen molar-refractivity contribution in [2.24, 2.45) is 16.8 Å². The van der Waals surface area contributed by atoms with E-state index >= 15 is 0 Å². The lowest BCUT2D eigenvalue weighted by Gasteiger charge is -2.32. The zero-order chi connectivity index (χ0) is 24.5. The number of amides is 1. The maximum atomic E-state index is 13.0. The molecule has 1 aromatic rings. The van der Waals surface area contributed by atoms with Crippen molar-refractivity contribution in [3.05, 3.63) is 41.0 Å². The quantitative estimate of drug-likeness (QED) is 0.301. The van der Waals surface area contributed by atoms with Gasteiger partial charge in [-0.1, -0.05) is 44.4 Å². The molecule has 1 amide bonds. The number of anilines is 1. The van der Waals surface area contributed by atoms with Crippen LogP contribution in [0.4, 0.5) is 5.69 Å². The number of aliphatic imine (C=N–C) groups is 1. The molecule has 1 saturated carbocycles. The van der Waals surface area contributed by atoms with Gasteiger partial charge in [0, 0.05) is 52.0 Å². The highest BCUT2D eigenvalue weighted by Crippen LogP contribution is 2.35. The zero-order valence-electron chi connectivity index (χ0n) is 22.0. The van der Waals surface area contributed by atoms with Crippen LogP contribution < -0.4 is 10.6 Å². The van der Waals surface area contributed by atoms with Crippen molar-refractivity contribution in [1.29, 1.82) is 0 Å². The predicted molar refractivity (Wildman–Crippen MR) is 143 cm³/mol. The topological polar surface area (TPSA) is 60.0 Å². The molecule has 188 valence electrons. The molecule has 1 saturated heterocycles. The van der Waals surface area contributed by atoms with Crippen LogP contribution in [0.5, 0.6) is 0 Å². The van der Waals surface area contributed by atoms with Gasteiger partial charge in [-0.25, -0.2) is 0 Å². The fourth-order valence-electron chi connectivity index (χ4n) is 4.75. The molecule has 1 unspecified atom stereocenters. The Bertz CT molecular complexity index is 848.